The van der Waals surface area contributed by atoms with Crippen LogP contribution in [-0.2, 0) is 4.57 Å². The van der Waals surface area contributed by atoms with E-state index in [1.54, 1.807) is 6.66 Å². The van der Waals surface area contributed by atoms with Gasteiger partial charge in [-0.25, -0.2) is 0 Å². The molecule has 2 heterocycles. The van der Waals surface area contributed by atoms with Crippen LogP contribution >= 0.6 is 7.95 Å². The van der Waals surface area contributed by atoms with Crippen LogP contribution in [0, 0.1) is 0 Å². The Morgan fingerprint density at radius 2 is 1.69 bits per heavy atom. The predicted molar refractivity (Wildman–Crippen MR) is 52.8 cm³/mol. The Morgan fingerprint density at radius 1 is 1.31 bits per heavy atom. The van der Waals surface area contributed by atoms with Crippen molar-refractivity contribution in [1.82, 2.24) is 14.9 Å². The van der Waals surface area contributed by atoms with Crippen molar-refractivity contribution >= 4 is 7.95 Å². The highest BCUT2D eigenvalue weighted by molar-refractivity contribution is 7.41. The first-order valence-corrected chi connectivity index (χ1v) is 6.49. The summed E-state index contributed by atoms with van der Waals surface area (Å²) in [4.78, 5) is 4.67. The van der Waals surface area contributed by atoms with Crippen molar-refractivity contribution in [3.63, 3.8) is 0 Å². The van der Waals surface area contributed by atoms with Crippen molar-refractivity contribution in [1.29, 1.82) is 0 Å². The van der Waals surface area contributed by atoms with Crippen LogP contribution in [0.1, 0.15) is 13.8 Å². The number of rotatable bonds is 4. The summed E-state index contributed by atoms with van der Waals surface area (Å²) in [5.74, 6) is 0. The molecule has 13 heavy (non-hydrogen) atoms. The summed E-state index contributed by atoms with van der Waals surface area (Å²) in [5, 5.41) is 3.13. The molecule has 0 aromatic rings. The Bertz CT molecular complexity index is 219. The van der Waals surface area contributed by atoms with Crippen LogP contribution in [0.5, 0.6) is 0 Å². The van der Waals surface area contributed by atoms with Crippen molar-refractivity contribution in [3.05, 3.63) is 0 Å². The van der Waals surface area contributed by atoms with Crippen molar-refractivity contribution in [2.75, 3.05) is 19.8 Å². The van der Waals surface area contributed by atoms with Crippen LogP contribution in [0.25, 0.3) is 0 Å². The van der Waals surface area contributed by atoms with Crippen LogP contribution in [0.2, 0.25) is 0 Å². The zero-order valence-electron chi connectivity index (χ0n) is 8.40. The highest BCUT2D eigenvalue weighted by Crippen LogP contribution is 2.31. The Balaban J connectivity index is 1.92. The van der Waals surface area contributed by atoms with E-state index in [1.807, 2.05) is 0 Å². The summed E-state index contributed by atoms with van der Waals surface area (Å²) >= 11 is 0. The van der Waals surface area contributed by atoms with Crippen LogP contribution < -0.4 is 5.09 Å². The van der Waals surface area contributed by atoms with Gasteiger partial charge in [-0.1, -0.05) is 9.65 Å². The number of nitrogens with one attached hydrogen (secondary N) is 1. The van der Waals surface area contributed by atoms with Gasteiger partial charge < -0.3 is 0 Å². The van der Waals surface area contributed by atoms with E-state index in [4.69, 9.17) is 0 Å². The van der Waals surface area contributed by atoms with Crippen LogP contribution in [0.4, 0.5) is 0 Å². The monoisotopic (exact) mass is 202 g/mol. The molecule has 0 aromatic carbocycles. The average molecular weight is 202 g/mol. The lowest BCUT2D eigenvalue weighted by Gasteiger charge is -2.16. The first kappa shape index (κ1) is 9.53. The third-order valence-electron chi connectivity index (χ3n) is 2.74. The highest BCUT2D eigenvalue weighted by Gasteiger charge is 2.48. The molecule has 5 atom stereocenters. The second kappa shape index (κ2) is 3.28. The fourth-order valence-electron chi connectivity index (χ4n) is 1.70. The molecule has 0 bridgehead atoms. The summed E-state index contributed by atoms with van der Waals surface area (Å²) < 4.78 is 11.1. The first-order chi connectivity index (χ1) is 6.09. The van der Waals surface area contributed by atoms with Gasteiger partial charge >= 0.3 is 7.95 Å². The van der Waals surface area contributed by atoms with Crippen molar-refractivity contribution in [2.45, 2.75) is 32.2 Å². The van der Waals surface area contributed by atoms with Gasteiger partial charge in [0.15, 0.2) is 13.0 Å². The fraction of sp³-hybridized carbons (Fsp3) is 1.00. The molecule has 2 saturated heterocycles. The smallest absolute Gasteiger partial charge is 0.267 e. The third kappa shape index (κ3) is 2.08. The third-order valence-corrected chi connectivity index (χ3v) is 3.34. The van der Waals surface area contributed by atoms with E-state index in [0.29, 0.717) is 12.1 Å². The molecule has 2 aliphatic heterocycles. The van der Waals surface area contributed by atoms with E-state index >= 15 is 0 Å². The molecule has 0 aliphatic carbocycles. The number of hydrogen-bond donors (Lipinski definition) is 1. The molecule has 1 N–H and O–H groups in total. The Hall–Kier alpha value is -0.0200. The van der Waals surface area contributed by atoms with Gasteiger partial charge in [0.2, 0.25) is 0 Å². The Kier molecular flexibility index (Phi) is 2.41. The second-order valence-corrected chi connectivity index (χ2v) is 5.35. The molecular weight excluding hydrogens is 185 g/mol. The quantitative estimate of drug-likeness (QED) is 0.536. The van der Waals surface area contributed by atoms with Crippen molar-refractivity contribution < 1.29 is 4.57 Å². The summed E-state index contributed by atoms with van der Waals surface area (Å²) in [7, 11) is -1.25. The number of hydrogen-bond acceptors (Lipinski definition) is 3. The van der Waals surface area contributed by atoms with E-state index in [2.05, 4.69) is 28.7 Å². The number of nitrogens with zero attached hydrogens (tertiary/aromatic N) is 2. The van der Waals surface area contributed by atoms with E-state index in [0.717, 1.165) is 13.1 Å². The minimum atomic E-state index is -1.25. The van der Waals surface area contributed by atoms with Crippen LogP contribution in [0.15, 0.2) is 0 Å². The largest absolute Gasteiger partial charge is 0.431 e. The lowest BCUT2D eigenvalue weighted by atomic mass is 10.5. The molecule has 0 amide bonds. The molecule has 5 heteroatoms. The standard InChI is InChI=1S/C8H17N3OP/c1-6-4-10(6)8(9-13(3)12)11-5-7(11)2/h6-8H,4-5H2,1-3H3,(H,9,12)/q+1. The van der Waals surface area contributed by atoms with Crippen molar-refractivity contribution in [2.24, 2.45) is 0 Å². The maximum absolute atomic E-state index is 11.1. The maximum atomic E-state index is 11.1. The molecule has 5 unspecified atom stereocenters. The SMILES string of the molecule is CC1CN1C(N[P+](C)=O)N1CC1C. The molecule has 74 valence electrons. The zero-order chi connectivity index (χ0) is 9.59. The maximum Gasteiger partial charge on any atom is 0.431 e. The molecule has 0 radical (unpaired) electrons. The molecule has 4 nitrogen and oxygen atoms in total. The van der Waals surface area contributed by atoms with Gasteiger partial charge in [-0.2, -0.15) is 0 Å². The van der Waals surface area contributed by atoms with Gasteiger partial charge in [0.25, 0.3) is 0 Å². The van der Waals surface area contributed by atoms with Gasteiger partial charge in [0.05, 0.1) is 0 Å². The molecule has 2 aliphatic rings. The van der Waals surface area contributed by atoms with E-state index in [-0.39, 0.29) is 6.29 Å². The molecule has 2 rings (SSSR count). The highest BCUT2D eigenvalue weighted by atomic mass is 31.1. The lowest BCUT2D eigenvalue weighted by molar-refractivity contribution is 0.209. The summed E-state index contributed by atoms with van der Waals surface area (Å²) in [6, 6.07) is 1.31. The molecule has 0 saturated carbocycles. The van der Waals surface area contributed by atoms with E-state index in [9.17, 15) is 4.57 Å². The van der Waals surface area contributed by atoms with E-state index in [1.165, 1.54) is 0 Å². The van der Waals surface area contributed by atoms with Crippen LogP contribution in [0.3, 0.4) is 0 Å². The Morgan fingerprint density at radius 3 is 1.92 bits per heavy atom. The summed E-state index contributed by atoms with van der Waals surface area (Å²) in [5.41, 5.74) is 0. The van der Waals surface area contributed by atoms with Gasteiger partial charge in [-0.3, -0.25) is 9.80 Å². The molecular formula is C8H17N3OP+. The second-order valence-electron chi connectivity index (χ2n) is 4.09. The lowest BCUT2D eigenvalue weighted by Crippen LogP contribution is -2.40. The van der Waals surface area contributed by atoms with Crippen molar-refractivity contribution in [3.8, 4) is 0 Å². The van der Waals surface area contributed by atoms with Gasteiger partial charge in [-0.15, -0.1) is 0 Å². The topological polar surface area (TPSA) is 35.1 Å². The predicted octanol–water partition coefficient (Wildman–Crippen LogP) is 0.640. The molecule has 0 aromatic heterocycles. The first-order valence-electron chi connectivity index (χ1n) is 4.78. The van der Waals surface area contributed by atoms with Gasteiger partial charge in [0, 0.05) is 25.2 Å². The van der Waals surface area contributed by atoms with Gasteiger partial charge in [-0.05, 0) is 13.8 Å². The molecule has 0 spiro atoms. The zero-order valence-corrected chi connectivity index (χ0v) is 9.29. The minimum absolute atomic E-state index is 0.221. The summed E-state index contributed by atoms with van der Waals surface area (Å²) in [6.45, 7) is 8.38. The Labute approximate surface area is 80.1 Å². The average Bonchev–Trinajstić information content (AvgIpc) is 2.87. The van der Waals surface area contributed by atoms with Gasteiger partial charge in [0.1, 0.15) is 0 Å². The molecule has 2 fully saturated rings. The van der Waals surface area contributed by atoms with Crippen LogP contribution in [-0.4, -0.2) is 47.9 Å². The normalized spacial score (nSPS) is 45.6. The minimum Gasteiger partial charge on any atom is -0.267 e. The fourth-order valence-corrected chi connectivity index (χ4v) is 2.32. The van der Waals surface area contributed by atoms with E-state index < -0.39 is 7.95 Å². The summed E-state index contributed by atoms with van der Waals surface area (Å²) in [6.07, 6.45) is 0.221.